The molecule has 1 saturated heterocycles. The minimum Gasteiger partial charge on any atom is -0.378 e. The minimum absolute atomic E-state index is 0.0384. The van der Waals surface area contributed by atoms with E-state index >= 15 is 0 Å². The molecular weight excluding hydrogens is 272 g/mol. The predicted molar refractivity (Wildman–Crippen MR) is 77.6 cm³/mol. The predicted octanol–water partition coefficient (Wildman–Crippen LogP) is 1.83. The van der Waals surface area contributed by atoms with Gasteiger partial charge in [0.1, 0.15) is 6.10 Å². The Hall–Kier alpha value is -1.14. The van der Waals surface area contributed by atoms with Crippen LogP contribution in [0, 0.1) is 16.0 Å². The van der Waals surface area contributed by atoms with Crippen LogP contribution in [0.1, 0.15) is 32.6 Å². The molecule has 6 heteroatoms. The number of nitro groups is 1. The van der Waals surface area contributed by atoms with Crippen molar-refractivity contribution in [2.75, 3.05) is 32.9 Å². The highest BCUT2D eigenvalue weighted by Gasteiger charge is 2.57. The summed E-state index contributed by atoms with van der Waals surface area (Å²) < 4.78 is 11.3. The highest BCUT2D eigenvalue weighted by atomic mass is 16.6. The number of ether oxygens (including phenoxy) is 2. The van der Waals surface area contributed by atoms with E-state index in [9.17, 15) is 10.1 Å². The molecule has 0 aromatic carbocycles. The zero-order chi connectivity index (χ0) is 14.9. The van der Waals surface area contributed by atoms with E-state index in [0.717, 1.165) is 44.8 Å². The SMILES string of the molecule is CCOC1C[C@@]2([N+](=O)[O-])CCC[C@H]2C=C1N1CCOCC1. The fourth-order valence-corrected chi connectivity index (χ4v) is 4.09. The molecule has 6 nitrogen and oxygen atoms in total. The second kappa shape index (κ2) is 5.93. The van der Waals surface area contributed by atoms with Crippen molar-refractivity contribution in [1.29, 1.82) is 0 Å². The Bertz CT molecular complexity index is 433. The summed E-state index contributed by atoms with van der Waals surface area (Å²) in [7, 11) is 0. The third-order valence-corrected chi connectivity index (χ3v) is 5.16. The number of hydrogen-bond acceptors (Lipinski definition) is 5. The monoisotopic (exact) mass is 296 g/mol. The maximum atomic E-state index is 11.7. The third kappa shape index (κ3) is 2.55. The zero-order valence-electron chi connectivity index (χ0n) is 12.6. The second-order valence-electron chi connectivity index (χ2n) is 6.20. The van der Waals surface area contributed by atoms with Crippen molar-refractivity contribution in [3.05, 3.63) is 21.9 Å². The van der Waals surface area contributed by atoms with Gasteiger partial charge in [-0.05, 0) is 19.8 Å². The van der Waals surface area contributed by atoms with Crippen LogP contribution < -0.4 is 0 Å². The number of fused-ring (bicyclic) bond motifs is 1. The van der Waals surface area contributed by atoms with E-state index in [2.05, 4.69) is 11.0 Å². The van der Waals surface area contributed by atoms with Crippen molar-refractivity contribution in [1.82, 2.24) is 4.90 Å². The van der Waals surface area contributed by atoms with Crippen molar-refractivity contribution in [2.24, 2.45) is 5.92 Å². The quantitative estimate of drug-likeness (QED) is 0.585. The van der Waals surface area contributed by atoms with E-state index in [1.807, 2.05) is 6.92 Å². The van der Waals surface area contributed by atoms with Crippen molar-refractivity contribution in [3.63, 3.8) is 0 Å². The first-order valence-electron chi connectivity index (χ1n) is 7.98. The van der Waals surface area contributed by atoms with Gasteiger partial charge in [-0.1, -0.05) is 6.08 Å². The van der Waals surface area contributed by atoms with Gasteiger partial charge in [-0.3, -0.25) is 10.1 Å². The zero-order valence-corrected chi connectivity index (χ0v) is 12.6. The molecule has 3 atom stereocenters. The molecule has 1 unspecified atom stereocenters. The molecule has 3 rings (SSSR count). The molecular formula is C15H24N2O4. The molecule has 2 aliphatic carbocycles. The molecule has 2 fully saturated rings. The Balaban J connectivity index is 1.89. The van der Waals surface area contributed by atoms with Crippen LogP contribution in [-0.2, 0) is 9.47 Å². The molecule has 118 valence electrons. The summed E-state index contributed by atoms with van der Waals surface area (Å²) in [6, 6.07) is 0. The van der Waals surface area contributed by atoms with Crippen molar-refractivity contribution in [3.8, 4) is 0 Å². The topological polar surface area (TPSA) is 64.8 Å². The summed E-state index contributed by atoms with van der Waals surface area (Å²) in [6.07, 6.45) is 5.06. The molecule has 21 heavy (non-hydrogen) atoms. The van der Waals surface area contributed by atoms with Gasteiger partial charge in [0.15, 0.2) is 0 Å². The van der Waals surface area contributed by atoms with E-state index in [-0.39, 0.29) is 16.9 Å². The van der Waals surface area contributed by atoms with Crippen LogP contribution >= 0.6 is 0 Å². The van der Waals surface area contributed by atoms with Crippen molar-refractivity contribution < 1.29 is 14.4 Å². The number of hydrogen-bond donors (Lipinski definition) is 0. The summed E-state index contributed by atoms with van der Waals surface area (Å²) in [5, 5.41) is 11.7. The van der Waals surface area contributed by atoms with Gasteiger partial charge in [-0.25, -0.2) is 0 Å². The number of nitrogens with zero attached hydrogens (tertiary/aromatic N) is 2. The van der Waals surface area contributed by atoms with Crippen LogP contribution in [0.2, 0.25) is 0 Å². The van der Waals surface area contributed by atoms with Gasteiger partial charge in [-0.15, -0.1) is 0 Å². The fourth-order valence-electron chi connectivity index (χ4n) is 4.09. The summed E-state index contributed by atoms with van der Waals surface area (Å²) in [5.74, 6) is 0.0575. The lowest BCUT2D eigenvalue weighted by molar-refractivity contribution is -0.579. The van der Waals surface area contributed by atoms with Crippen LogP contribution in [0.5, 0.6) is 0 Å². The second-order valence-corrected chi connectivity index (χ2v) is 6.20. The van der Waals surface area contributed by atoms with Crippen LogP contribution in [-0.4, -0.2) is 54.4 Å². The third-order valence-electron chi connectivity index (χ3n) is 5.16. The first kappa shape index (κ1) is 14.8. The molecule has 0 bridgehead atoms. The van der Waals surface area contributed by atoms with E-state index in [1.54, 1.807) is 0 Å². The van der Waals surface area contributed by atoms with Gasteiger partial charge in [0.05, 0.1) is 19.6 Å². The summed E-state index contributed by atoms with van der Waals surface area (Å²) in [5.41, 5.74) is 0.361. The Morgan fingerprint density at radius 2 is 2.29 bits per heavy atom. The Morgan fingerprint density at radius 3 is 2.95 bits per heavy atom. The maximum absolute atomic E-state index is 11.7. The van der Waals surface area contributed by atoms with Crippen LogP contribution in [0.4, 0.5) is 0 Å². The highest BCUT2D eigenvalue weighted by Crippen LogP contribution is 2.47. The molecule has 0 aromatic rings. The molecule has 3 aliphatic rings. The molecule has 0 spiro atoms. The van der Waals surface area contributed by atoms with Gasteiger partial charge < -0.3 is 14.4 Å². The minimum atomic E-state index is -0.796. The van der Waals surface area contributed by atoms with Gasteiger partial charge in [-0.2, -0.15) is 0 Å². The lowest BCUT2D eigenvalue weighted by Gasteiger charge is -2.41. The molecule has 1 aliphatic heterocycles. The van der Waals surface area contributed by atoms with E-state index in [0.29, 0.717) is 19.4 Å². The van der Waals surface area contributed by atoms with Crippen LogP contribution in [0.25, 0.3) is 0 Å². The van der Waals surface area contributed by atoms with Crippen molar-refractivity contribution >= 4 is 0 Å². The lowest BCUT2D eigenvalue weighted by Crippen LogP contribution is -2.51. The average molecular weight is 296 g/mol. The van der Waals surface area contributed by atoms with Crippen LogP contribution in [0.3, 0.4) is 0 Å². The maximum Gasteiger partial charge on any atom is 0.231 e. The molecule has 0 radical (unpaired) electrons. The number of morpholine rings is 1. The normalized spacial score (nSPS) is 36.2. The molecule has 1 saturated carbocycles. The Labute approximate surface area is 125 Å². The average Bonchev–Trinajstić information content (AvgIpc) is 2.92. The number of rotatable bonds is 4. The largest absolute Gasteiger partial charge is 0.378 e. The molecule has 0 aromatic heterocycles. The summed E-state index contributed by atoms with van der Waals surface area (Å²) in [6.45, 7) is 5.70. The molecule has 1 heterocycles. The van der Waals surface area contributed by atoms with Crippen molar-refractivity contribution in [2.45, 2.75) is 44.2 Å². The smallest absolute Gasteiger partial charge is 0.231 e. The van der Waals surface area contributed by atoms with E-state index in [4.69, 9.17) is 9.47 Å². The lowest BCUT2D eigenvalue weighted by atomic mass is 9.76. The van der Waals surface area contributed by atoms with Gasteiger partial charge in [0.25, 0.3) is 0 Å². The molecule has 0 amide bonds. The first-order valence-corrected chi connectivity index (χ1v) is 7.98. The Morgan fingerprint density at radius 1 is 1.52 bits per heavy atom. The highest BCUT2D eigenvalue weighted by molar-refractivity contribution is 5.21. The first-order chi connectivity index (χ1) is 10.2. The fraction of sp³-hybridized carbons (Fsp3) is 0.867. The van der Waals surface area contributed by atoms with Crippen LogP contribution in [0.15, 0.2) is 11.8 Å². The summed E-state index contributed by atoms with van der Waals surface area (Å²) >= 11 is 0. The summed E-state index contributed by atoms with van der Waals surface area (Å²) in [4.78, 5) is 13.9. The van der Waals surface area contributed by atoms with E-state index < -0.39 is 5.54 Å². The van der Waals surface area contributed by atoms with Gasteiger partial charge >= 0.3 is 0 Å². The van der Waals surface area contributed by atoms with E-state index in [1.165, 1.54) is 0 Å². The standard InChI is InChI=1S/C15H24N2O4/c1-2-21-14-11-15(17(18)19)5-3-4-12(15)10-13(14)16-6-8-20-9-7-16/h10,12,14H,2-9,11H2,1H3/t12-,14?,15-/m0/s1. The molecule has 0 N–H and O–H groups in total. The Kier molecular flexibility index (Phi) is 4.17. The van der Waals surface area contributed by atoms with Gasteiger partial charge in [0, 0.05) is 42.7 Å². The van der Waals surface area contributed by atoms with Gasteiger partial charge in [0.2, 0.25) is 5.54 Å².